The number of rotatable bonds is 5. The SMILES string of the molecule is COCCOC(=O)NCOC(N)=O. The molecule has 0 heterocycles. The van der Waals surface area contributed by atoms with E-state index in [4.69, 9.17) is 0 Å². The number of nitrogens with one attached hydrogen (secondary N) is 1. The minimum atomic E-state index is -0.961. The number of nitrogens with two attached hydrogens (primary N) is 1. The van der Waals surface area contributed by atoms with Gasteiger partial charge in [0.2, 0.25) is 0 Å². The van der Waals surface area contributed by atoms with Gasteiger partial charge in [-0.1, -0.05) is 0 Å². The maximum absolute atomic E-state index is 10.7. The van der Waals surface area contributed by atoms with E-state index in [1.54, 1.807) is 0 Å². The Hall–Kier alpha value is -1.50. The van der Waals surface area contributed by atoms with E-state index < -0.39 is 12.2 Å². The van der Waals surface area contributed by atoms with E-state index in [2.05, 4.69) is 25.3 Å². The molecule has 0 atom stereocenters. The molecule has 0 rings (SSSR count). The predicted molar refractivity (Wildman–Crippen MR) is 41.9 cm³/mol. The van der Waals surface area contributed by atoms with Crippen LogP contribution in [-0.4, -0.2) is 39.2 Å². The molecule has 0 radical (unpaired) electrons. The van der Waals surface area contributed by atoms with Crippen molar-refractivity contribution in [2.45, 2.75) is 0 Å². The maximum atomic E-state index is 10.7. The van der Waals surface area contributed by atoms with Crippen LogP contribution in [0.5, 0.6) is 0 Å². The van der Waals surface area contributed by atoms with E-state index in [9.17, 15) is 9.59 Å². The molecule has 76 valence electrons. The third kappa shape index (κ3) is 8.41. The molecular weight excluding hydrogens is 180 g/mol. The van der Waals surface area contributed by atoms with Crippen LogP contribution in [-0.2, 0) is 14.2 Å². The molecule has 0 saturated heterocycles. The number of hydrogen-bond donors (Lipinski definition) is 2. The molecule has 0 aliphatic carbocycles. The topological polar surface area (TPSA) is 99.9 Å². The maximum Gasteiger partial charge on any atom is 0.409 e. The quantitative estimate of drug-likeness (QED) is 0.448. The van der Waals surface area contributed by atoms with Crippen molar-refractivity contribution in [3.05, 3.63) is 0 Å². The van der Waals surface area contributed by atoms with E-state index in [0.717, 1.165) is 0 Å². The number of primary amides is 1. The van der Waals surface area contributed by atoms with Crippen LogP contribution < -0.4 is 11.1 Å². The lowest BCUT2D eigenvalue weighted by atomic mass is 10.8. The van der Waals surface area contributed by atoms with Gasteiger partial charge in [0, 0.05) is 7.11 Å². The van der Waals surface area contributed by atoms with Crippen molar-refractivity contribution in [3.63, 3.8) is 0 Å². The zero-order valence-electron chi connectivity index (χ0n) is 7.24. The van der Waals surface area contributed by atoms with Gasteiger partial charge in [-0.15, -0.1) is 0 Å². The highest BCUT2D eigenvalue weighted by atomic mass is 16.6. The largest absolute Gasteiger partial charge is 0.447 e. The summed E-state index contributed by atoms with van der Waals surface area (Å²) in [6, 6.07) is 0. The molecule has 0 unspecified atom stereocenters. The highest BCUT2D eigenvalue weighted by Crippen LogP contribution is 1.78. The average Bonchev–Trinajstić information content (AvgIpc) is 2.04. The summed E-state index contributed by atoms with van der Waals surface area (Å²) in [5.41, 5.74) is 4.63. The summed E-state index contributed by atoms with van der Waals surface area (Å²) in [6.07, 6.45) is -1.66. The monoisotopic (exact) mass is 192 g/mol. The Labute approximate surface area is 75.1 Å². The fourth-order valence-corrected chi connectivity index (χ4v) is 0.435. The van der Waals surface area contributed by atoms with Crippen LogP contribution in [0.4, 0.5) is 9.59 Å². The summed E-state index contributed by atoms with van der Waals surface area (Å²) in [6.45, 7) is 0.143. The number of methoxy groups -OCH3 is 1. The first kappa shape index (κ1) is 11.5. The van der Waals surface area contributed by atoms with Crippen molar-refractivity contribution in [2.24, 2.45) is 5.73 Å². The molecule has 0 aliphatic heterocycles. The minimum Gasteiger partial charge on any atom is -0.447 e. The molecule has 2 amide bonds. The summed E-state index contributed by atoms with van der Waals surface area (Å²) < 4.78 is 13.4. The molecule has 7 nitrogen and oxygen atoms in total. The second-order valence-electron chi connectivity index (χ2n) is 1.91. The van der Waals surface area contributed by atoms with Crippen molar-refractivity contribution in [1.82, 2.24) is 5.32 Å². The minimum absolute atomic E-state index is 0.138. The summed E-state index contributed by atoms with van der Waals surface area (Å²) in [5.74, 6) is 0. The first-order valence-electron chi connectivity index (χ1n) is 3.48. The van der Waals surface area contributed by atoms with Crippen LogP contribution in [0.2, 0.25) is 0 Å². The highest BCUT2D eigenvalue weighted by molar-refractivity contribution is 5.68. The number of ether oxygens (including phenoxy) is 3. The van der Waals surface area contributed by atoms with Crippen molar-refractivity contribution in [2.75, 3.05) is 27.1 Å². The predicted octanol–water partition coefficient (Wildman–Crippen LogP) is -0.588. The standard InChI is InChI=1S/C6H12N2O5/c1-11-2-3-12-6(10)8-4-13-5(7)9/h2-4H2,1H3,(H2,7,9)(H,8,10). The Bertz CT molecular complexity index is 172. The van der Waals surface area contributed by atoms with E-state index in [1.165, 1.54) is 7.11 Å². The fourth-order valence-electron chi connectivity index (χ4n) is 0.435. The van der Waals surface area contributed by atoms with Gasteiger partial charge in [-0.25, -0.2) is 9.59 Å². The third-order valence-electron chi connectivity index (χ3n) is 0.952. The number of amides is 2. The van der Waals surface area contributed by atoms with Gasteiger partial charge in [-0.2, -0.15) is 0 Å². The fraction of sp³-hybridized carbons (Fsp3) is 0.667. The van der Waals surface area contributed by atoms with Crippen LogP contribution in [0, 0.1) is 0 Å². The van der Waals surface area contributed by atoms with Crippen molar-refractivity contribution in [3.8, 4) is 0 Å². The second kappa shape index (κ2) is 7.17. The molecule has 3 N–H and O–H groups in total. The summed E-state index contributed by atoms with van der Waals surface area (Å²) in [7, 11) is 1.48. The number of alkyl carbamates (subject to hydrolysis) is 1. The van der Waals surface area contributed by atoms with Crippen LogP contribution in [0.15, 0.2) is 0 Å². The van der Waals surface area contributed by atoms with E-state index >= 15 is 0 Å². The Kier molecular flexibility index (Phi) is 6.34. The highest BCUT2D eigenvalue weighted by Gasteiger charge is 2.00. The molecule has 0 aromatic heterocycles. The van der Waals surface area contributed by atoms with Gasteiger partial charge in [0.05, 0.1) is 6.61 Å². The molecule has 7 heteroatoms. The van der Waals surface area contributed by atoms with E-state index in [1.807, 2.05) is 0 Å². The van der Waals surface area contributed by atoms with Gasteiger partial charge in [-0.3, -0.25) is 5.32 Å². The van der Waals surface area contributed by atoms with E-state index in [0.29, 0.717) is 6.61 Å². The number of carbonyl (C=O) groups is 2. The van der Waals surface area contributed by atoms with Crippen molar-refractivity contribution < 1.29 is 23.8 Å². The van der Waals surface area contributed by atoms with Gasteiger partial charge in [0.25, 0.3) is 0 Å². The lowest BCUT2D eigenvalue weighted by molar-refractivity contribution is 0.0892. The van der Waals surface area contributed by atoms with Gasteiger partial charge < -0.3 is 19.9 Å². The Morgan fingerprint density at radius 1 is 1.31 bits per heavy atom. The first-order valence-corrected chi connectivity index (χ1v) is 3.48. The molecule has 13 heavy (non-hydrogen) atoms. The molecule has 0 aromatic rings. The zero-order valence-corrected chi connectivity index (χ0v) is 7.24. The zero-order chi connectivity index (χ0) is 10.1. The third-order valence-corrected chi connectivity index (χ3v) is 0.952. The van der Waals surface area contributed by atoms with Crippen LogP contribution in [0.1, 0.15) is 0 Å². The summed E-state index contributed by atoms with van der Waals surface area (Å²) >= 11 is 0. The van der Waals surface area contributed by atoms with Crippen molar-refractivity contribution >= 4 is 12.2 Å². The molecule has 0 fully saturated rings. The smallest absolute Gasteiger partial charge is 0.409 e. The van der Waals surface area contributed by atoms with Crippen LogP contribution in [0.3, 0.4) is 0 Å². The molecular formula is C6H12N2O5. The summed E-state index contributed by atoms with van der Waals surface area (Å²) in [4.78, 5) is 20.7. The molecule has 0 saturated carbocycles. The van der Waals surface area contributed by atoms with E-state index in [-0.39, 0.29) is 13.3 Å². The Morgan fingerprint density at radius 2 is 2.00 bits per heavy atom. The van der Waals surface area contributed by atoms with Crippen LogP contribution in [0.25, 0.3) is 0 Å². The Morgan fingerprint density at radius 3 is 2.54 bits per heavy atom. The lowest BCUT2D eigenvalue weighted by Gasteiger charge is -2.05. The lowest BCUT2D eigenvalue weighted by Crippen LogP contribution is -2.30. The number of carbonyl (C=O) groups excluding carboxylic acids is 2. The first-order chi connectivity index (χ1) is 6.16. The molecule has 0 aliphatic rings. The van der Waals surface area contributed by atoms with Crippen LogP contribution >= 0.6 is 0 Å². The number of hydrogen-bond acceptors (Lipinski definition) is 5. The summed E-state index contributed by atoms with van der Waals surface area (Å²) in [5, 5.41) is 2.13. The molecule has 0 spiro atoms. The Balaban J connectivity index is 3.25. The normalized spacial score (nSPS) is 9.00. The molecule has 0 aromatic carbocycles. The second-order valence-corrected chi connectivity index (χ2v) is 1.91. The van der Waals surface area contributed by atoms with Crippen molar-refractivity contribution in [1.29, 1.82) is 0 Å². The van der Waals surface area contributed by atoms with Gasteiger partial charge in [-0.05, 0) is 0 Å². The van der Waals surface area contributed by atoms with Gasteiger partial charge >= 0.3 is 12.2 Å². The van der Waals surface area contributed by atoms with Gasteiger partial charge in [0.15, 0.2) is 6.73 Å². The van der Waals surface area contributed by atoms with Gasteiger partial charge in [0.1, 0.15) is 6.61 Å². The average molecular weight is 192 g/mol. The molecule has 0 bridgehead atoms.